The van der Waals surface area contributed by atoms with Crippen molar-refractivity contribution in [2.45, 2.75) is 26.6 Å². The number of benzene rings is 3. The lowest BCUT2D eigenvalue weighted by Crippen LogP contribution is -2.13. The zero-order valence-electron chi connectivity index (χ0n) is 17.4. The van der Waals surface area contributed by atoms with Gasteiger partial charge in [0, 0.05) is 18.7 Å². The van der Waals surface area contributed by atoms with E-state index in [9.17, 15) is 4.39 Å². The Hall–Kier alpha value is -2.48. The molecule has 0 amide bonds. The highest BCUT2D eigenvalue weighted by Crippen LogP contribution is 2.38. The van der Waals surface area contributed by atoms with Gasteiger partial charge in [0.1, 0.15) is 12.4 Å². The molecular weight excluding hydrogens is 501 g/mol. The van der Waals surface area contributed by atoms with Gasteiger partial charge in [0.25, 0.3) is 0 Å². The summed E-state index contributed by atoms with van der Waals surface area (Å²) in [6.07, 6.45) is 0. The van der Waals surface area contributed by atoms with Crippen molar-refractivity contribution < 1.29 is 23.3 Å². The lowest BCUT2D eigenvalue weighted by Gasteiger charge is -2.16. The Morgan fingerprint density at radius 2 is 1.81 bits per heavy atom. The van der Waals surface area contributed by atoms with Gasteiger partial charge >= 0.3 is 0 Å². The highest BCUT2D eigenvalue weighted by atomic mass is 79.9. The first-order valence-corrected chi connectivity index (χ1v) is 11.3. The van der Waals surface area contributed by atoms with Gasteiger partial charge in [0.05, 0.1) is 16.1 Å². The number of ether oxygens (including phenoxy) is 4. The van der Waals surface area contributed by atoms with E-state index in [2.05, 4.69) is 21.2 Å². The van der Waals surface area contributed by atoms with Gasteiger partial charge in [-0.15, -0.1) is 0 Å². The second-order valence-electron chi connectivity index (χ2n) is 7.15. The molecule has 0 bridgehead atoms. The third-order valence-corrected chi connectivity index (χ3v) is 5.79. The zero-order valence-corrected chi connectivity index (χ0v) is 19.8. The highest BCUT2D eigenvalue weighted by molar-refractivity contribution is 9.10. The minimum absolute atomic E-state index is 0.194. The first-order chi connectivity index (χ1) is 15.5. The first-order valence-electron chi connectivity index (χ1n) is 10.1. The number of hydrogen-bond acceptors (Lipinski definition) is 5. The summed E-state index contributed by atoms with van der Waals surface area (Å²) in [4.78, 5) is 0. The van der Waals surface area contributed by atoms with E-state index < -0.39 is 0 Å². The van der Waals surface area contributed by atoms with E-state index in [-0.39, 0.29) is 19.2 Å². The molecule has 32 heavy (non-hydrogen) atoms. The van der Waals surface area contributed by atoms with Crippen LogP contribution in [0, 0.1) is 5.82 Å². The van der Waals surface area contributed by atoms with Crippen LogP contribution < -0.4 is 24.3 Å². The lowest BCUT2D eigenvalue weighted by atomic mass is 10.1. The molecule has 1 aliphatic heterocycles. The number of rotatable bonds is 9. The fourth-order valence-corrected chi connectivity index (χ4v) is 4.14. The van der Waals surface area contributed by atoms with E-state index >= 15 is 0 Å². The van der Waals surface area contributed by atoms with Crippen LogP contribution in [0.2, 0.25) is 5.02 Å². The Bertz CT molecular complexity index is 1110. The van der Waals surface area contributed by atoms with E-state index in [1.54, 1.807) is 6.07 Å². The summed E-state index contributed by atoms with van der Waals surface area (Å²) >= 11 is 9.70. The molecule has 5 nitrogen and oxygen atoms in total. The van der Waals surface area contributed by atoms with Crippen molar-refractivity contribution in [3.05, 3.63) is 80.5 Å². The summed E-state index contributed by atoms with van der Waals surface area (Å²) < 4.78 is 36.6. The maximum absolute atomic E-state index is 13.3. The Morgan fingerprint density at radius 1 is 1.00 bits per heavy atom. The van der Waals surface area contributed by atoms with Crippen molar-refractivity contribution >= 4 is 27.5 Å². The van der Waals surface area contributed by atoms with Crippen molar-refractivity contribution in [3.8, 4) is 23.0 Å². The van der Waals surface area contributed by atoms with Crippen LogP contribution >= 0.6 is 27.5 Å². The molecule has 0 spiro atoms. The monoisotopic (exact) mass is 521 g/mol. The maximum Gasteiger partial charge on any atom is 0.231 e. The normalized spacial score (nSPS) is 12.1. The van der Waals surface area contributed by atoms with Crippen LogP contribution in [0.15, 0.2) is 53.0 Å². The Balaban J connectivity index is 1.42. The van der Waals surface area contributed by atoms with E-state index in [0.717, 1.165) is 27.1 Å². The number of halogens is 3. The topological polar surface area (TPSA) is 49.0 Å². The van der Waals surface area contributed by atoms with Crippen LogP contribution in [-0.4, -0.2) is 13.4 Å². The van der Waals surface area contributed by atoms with Crippen molar-refractivity contribution in [3.63, 3.8) is 0 Å². The average Bonchev–Trinajstić information content (AvgIpc) is 3.22. The molecule has 0 aliphatic carbocycles. The van der Waals surface area contributed by atoms with Crippen LogP contribution in [-0.2, 0) is 19.7 Å². The molecule has 0 aromatic heterocycles. The molecule has 0 saturated carbocycles. The minimum atomic E-state index is -0.382. The molecule has 1 N–H and O–H groups in total. The summed E-state index contributed by atoms with van der Waals surface area (Å²) in [5, 5.41) is 3.75. The van der Waals surface area contributed by atoms with E-state index in [0.29, 0.717) is 41.8 Å². The quantitative estimate of drug-likeness (QED) is 0.361. The molecule has 1 heterocycles. The molecule has 0 unspecified atom stereocenters. The standard InChI is InChI=1S/C24H22BrClFNO4/c1-2-29-23-9-16(12-28-11-15-3-6-21-22(8-15)32-14-31-21)7-19(25)24(23)30-13-17-4-5-18(27)10-20(17)26/h3-10,28H,2,11-14H2,1H3. The Labute approximate surface area is 199 Å². The number of nitrogens with one attached hydrogen (secondary N) is 1. The molecule has 0 atom stereocenters. The molecule has 3 aromatic rings. The second kappa shape index (κ2) is 10.4. The molecule has 0 radical (unpaired) electrons. The summed E-state index contributed by atoms with van der Waals surface area (Å²) in [5.41, 5.74) is 2.83. The molecule has 168 valence electrons. The van der Waals surface area contributed by atoms with Gasteiger partial charge in [-0.25, -0.2) is 4.39 Å². The largest absolute Gasteiger partial charge is 0.490 e. The minimum Gasteiger partial charge on any atom is -0.490 e. The van der Waals surface area contributed by atoms with Crippen molar-refractivity contribution in [2.75, 3.05) is 13.4 Å². The van der Waals surface area contributed by atoms with Crippen LogP contribution in [0.4, 0.5) is 4.39 Å². The third-order valence-electron chi connectivity index (χ3n) is 4.85. The van der Waals surface area contributed by atoms with Crippen LogP contribution in [0.5, 0.6) is 23.0 Å². The summed E-state index contributed by atoms with van der Waals surface area (Å²) in [7, 11) is 0. The first kappa shape index (κ1) is 22.7. The number of fused-ring (bicyclic) bond motifs is 1. The maximum atomic E-state index is 13.3. The van der Waals surface area contributed by atoms with Crippen LogP contribution in [0.1, 0.15) is 23.6 Å². The second-order valence-corrected chi connectivity index (χ2v) is 8.42. The smallest absolute Gasteiger partial charge is 0.231 e. The predicted molar refractivity (Wildman–Crippen MR) is 124 cm³/mol. The van der Waals surface area contributed by atoms with E-state index in [4.69, 9.17) is 30.5 Å². The summed E-state index contributed by atoms with van der Waals surface area (Å²) in [6, 6.07) is 14.1. The van der Waals surface area contributed by atoms with Gasteiger partial charge in [0.15, 0.2) is 23.0 Å². The molecule has 1 aliphatic rings. The van der Waals surface area contributed by atoms with Gasteiger partial charge in [-0.2, -0.15) is 0 Å². The lowest BCUT2D eigenvalue weighted by molar-refractivity contribution is 0.174. The number of hydrogen-bond donors (Lipinski definition) is 1. The van der Waals surface area contributed by atoms with Crippen molar-refractivity contribution in [1.29, 1.82) is 0 Å². The van der Waals surface area contributed by atoms with Crippen molar-refractivity contribution in [1.82, 2.24) is 5.32 Å². The molecular formula is C24H22BrClFNO4. The van der Waals surface area contributed by atoms with Gasteiger partial charge in [-0.3, -0.25) is 0 Å². The average molecular weight is 523 g/mol. The van der Waals surface area contributed by atoms with Gasteiger partial charge in [0.2, 0.25) is 6.79 Å². The Kier molecular flexibility index (Phi) is 7.40. The molecule has 8 heteroatoms. The summed E-state index contributed by atoms with van der Waals surface area (Å²) in [6.45, 7) is 4.19. The highest BCUT2D eigenvalue weighted by Gasteiger charge is 2.15. The van der Waals surface area contributed by atoms with E-state index in [1.165, 1.54) is 12.1 Å². The van der Waals surface area contributed by atoms with Gasteiger partial charge in [-0.1, -0.05) is 23.7 Å². The van der Waals surface area contributed by atoms with Crippen LogP contribution in [0.3, 0.4) is 0 Å². The zero-order chi connectivity index (χ0) is 22.5. The van der Waals surface area contributed by atoms with Crippen molar-refractivity contribution in [2.24, 2.45) is 0 Å². The fourth-order valence-electron chi connectivity index (χ4n) is 3.32. The predicted octanol–water partition coefficient (Wildman–Crippen LogP) is 6.24. The molecule has 0 fully saturated rings. The van der Waals surface area contributed by atoms with E-state index in [1.807, 2.05) is 37.3 Å². The Morgan fingerprint density at radius 3 is 2.62 bits per heavy atom. The SMILES string of the molecule is CCOc1cc(CNCc2ccc3c(c2)OCO3)cc(Br)c1OCc1ccc(F)cc1Cl. The molecule has 3 aromatic carbocycles. The van der Waals surface area contributed by atoms with Crippen LogP contribution in [0.25, 0.3) is 0 Å². The molecule has 4 rings (SSSR count). The van der Waals surface area contributed by atoms with Gasteiger partial charge in [-0.05, 0) is 70.4 Å². The fraction of sp³-hybridized carbons (Fsp3) is 0.250. The summed E-state index contributed by atoms with van der Waals surface area (Å²) in [5.74, 6) is 2.37. The third kappa shape index (κ3) is 5.46. The molecule has 0 saturated heterocycles. The van der Waals surface area contributed by atoms with Gasteiger partial charge < -0.3 is 24.3 Å².